The second-order valence-corrected chi connectivity index (χ2v) is 11.3. The molecular weight excluding hydrogens is 514 g/mol. The van der Waals surface area contributed by atoms with E-state index in [0.717, 1.165) is 17.0 Å². The van der Waals surface area contributed by atoms with Gasteiger partial charge in [-0.2, -0.15) is 0 Å². The number of carboxylic acids is 1. The molecule has 0 aliphatic heterocycles. The third kappa shape index (κ3) is 8.52. The highest BCUT2D eigenvalue weighted by molar-refractivity contribution is 5.70. The van der Waals surface area contributed by atoms with Gasteiger partial charge >= 0.3 is 5.97 Å². The van der Waals surface area contributed by atoms with E-state index < -0.39 is 11.8 Å². The Kier molecular flexibility index (Phi) is 10.7. The molecule has 1 atom stereocenters. The van der Waals surface area contributed by atoms with E-state index in [1.807, 2.05) is 32.9 Å². The van der Waals surface area contributed by atoms with Gasteiger partial charge in [0, 0.05) is 19.1 Å². The van der Waals surface area contributed by atoms with Crippen LogP contribution in [-0.4, -0.2) is 25.3 Å². The van der Waals surface area contributed by atoms with Gasteiger partial charge in [-0.05, 0) is 70.3 Å². The third-order valence-electron chi connectivity index (χ3n) is 6.80. The van der Waals surface area contributed by atoms with Gasteiger partial charge < -0.3 is 19.3 Å². The molecule has 40 heavy (non-hydrogen) atoms. The summed E-state index contributed by atoms with van der Waals surface area (Å²) in [6, 6.07) is 14.8. The van der Waals surface area contributed by atoms with E-state index in [-0.39, 0.29) is 48.1 Å². The van der Waals surface area contributed by atoms with E-state index >= 15 is 0 Å². The summed E-state index contributed by atoms with van der Waals surface area (Å²) in [6.45, 7) is 8.45. The molecule has 3 aromatic carbocycles. The van der Waals surface area contributed by atoms with Crippen LogP contribution in [0.25, 0.3) is 11.1 Å². The summed E-state index contributed by atoms with van der Waals surface area (Å²) in [7, 11) is 3.14. The van der Waals surface area contributed by atoms with Crippen LogP contribution in [0.3, 0.4) is 0 Å². The van der Waals surface area contributed by atoms with Crippen molar-refractivity contribution in [2.24, 2.45) is 11.3 Å². The van der Waals surface area contributed by atoms with Crippen LogP contribution in [0.4, 0.5) is 8.78 Å². The first-order valence-corrected chi connectivity index (χ1v) is 13.6. The second-order valence-electron chi connectivity index (χ2n) is 11.3. The van der Waals surface area contributed by atoms with E-state index in [9.17, 15) is 13.6 Å². The number of carbonyl (C=O) groups is 1. The van der Waals surface area contributed by atoms with Crippen molar-refractivity contribution < 1.29 is 32.9 Å². The maximum Gasteiger partial charge on any atom is 0.303 e. The number of rotatable bonds is 10. The first-order valence-electron chi connectivity index (χ1n) is 13.6. The Morgan fingerprint density at radius 2 is 1.73 bits per heavy atom. The van der Waals surface area contributed by atoms with Crippen LogP contribution in [-0.2, 0) is 22.6 Å². The lowest BCUT2D eigenvalue weighted by atomic mass is 9.81. The number of methoxy groups -OCH3 is 2. The van der Waals surface area contributed by atoms with Gasteiger partial charge in [0.15, 0.2) is 11.6 Å². The molecule has 1 aliphatic carbocycles. The standard InChI is InChI=1S/C29H32F2O5.C4H8/c1-29(2,3)28(35-5)23-15-18(9-12-21(23)22-16-20(34-4)11-13-24(22)30)17-36-25-8-6-7-19(27(25)31)10-14-26(32)33;1-4-2-3-4/h6-9,11-13,15-16,28H,10,14,17H2,1-5H3,(H,32,33);4H,2-3H2,1H3. The lowest BCUT2D eigenvalue weighted by Crippen LogP contribution is -2.21. The Balaban J connectivity index is 0.00000101. The number of halogens is 2. The molecule has 7 heteroatoms. The maximum absolute atomic E-state index is 14.9. The first kappa shape index (κ1) is 31.1. The van der Waals surface area contributed by atoms with Crippen molar-refractivity contribution in [3.63, 3.8) is 0 Å². The lowest BCUT2D eigenvalue weighted by Gasteiger charge is -2.32. The molecule has 0 bridgehead atoms. The smallest absolute Gasteiger partial charge is 0.303 e. The van der Waals surface area contributed by atoms with Gasteiger partial charge in [-0.1, -0.05) is 64.8 Å². The highest BCUT2D eigenvalue weighted by atomic mass is 19.1. The molecule has 3 aromatic rings. The fourth-order valence-electron chi connectivity index (χ4n) is 4.38. The van der Waals surface area contributed by atoms with Crippen molar-refractivity contribution in [2.45, 2.75) is 66.1 Å². The summed E-state index contributed by atoms with van der Waals surface area (Å²) in [6.07, 6.45) is 2.51. The number of aryl methyl sites for hydroxylation is 1. The zero-order valence-electron chi connectivity index (χ0n) is 24.2. The van der Waals surface area contributed by atoms with Gasteiger partial charge in [0.2, 0.25) is 0 Å². The van der Waals surface area contributed by atoms with Crippen molar-refractivity contribution in [1.29, 1.82) is 0 Å². The zero-order valence-corrected chi connectivity index (χ0v) is 24.2. The molecule has 0 heterocycles. The zero-order chi connectivity index (χ0) is 29.4. The van der Waals surface area contributed by atoms with Crippen molar-refractivity contribution in [3.8, 4) is 22.6 Å². The third-order valence-corrected chi connectivity index (χ3v) is 6.80. The average molecular weight is 555 g/mol. The van der Waals surface area contributed by atoms with Crippen molar-refractivity contribution >= 4 is 5.97 Å². The lowest BCUT2D eigenvalue weighted by molar-refractivity contribution is -0.136. The van der Waals surface area contributed by atoms with Gasteiger partial charge in [0.1, 0.15) is 18.2 Å². The van der Waals surface area contributed by atoms with Crippen molar-refractivity contribution in [2.75, 3.05) is 14.2 Å². The fraction of sp³-hybridized carbons (Fsp3) is 0.424. The summed E-state index contributed by atoms with van der Waals surface area (Å²) >= 11 is 0. The molecule has 0 radical (unpaired) electrons. The number of hydrogen-bond donors (Lipinski definition) is 1. The van der Waals surface area contributed by atoms with Gasteiger partial charge in [0.25, 0.3) is 0 Å². The molecule has 1 aliphatic rings. The van der Waals surface area contributed by atoms with Crippen LogP contribution in [0.2, 0.25) is 0 Å². The summed E-state index contributed by atoms with van der Waals surface area (Å²) < 4.78 is 46.7. The SMILES string of the molecule is CC1CC1.COc1ccc(F)c(-c2ccc(COc3cccc(CCC(=O)O)c3F)cc2C(OC)C(C)(C)C)c1. The normalized spacial score (nSPS) is 13.7. The minimum atomic E-state index is -0.993. The molecule has 1 saturated carbocycles. The monoisotopic (exact) mass is 554 g/mol. The maximum atomic E-state index is 14.9. The van der Waals surface area contributed by atoms with Crippen LogP contribution >= 0.6 is 0 Å². The van der Waals surface area contributed by atoms with Gasteiger partial charge in [-0.25, -0.2) is 8.78 Å². The Morgan fingerprint density at radius 1 is 1.02 bits per heavy atom. The molecule has 0 aromatic heterocycles. The van der Waals surface area contributed by atoms with E-state index in [0.29, 0.717) is 16.9 Å². The summed E-state index contributed by atoms with van der Waals surface area (Å²) in [5.41, 5.74) is 2.56. The van der Waals surface area contributed by atoms with Crippen LogP contribution in [0.15, 0.2) is 54.6 Å². The first-order chi connectivity index (χ1) is 18.9. The van der Waals surface area contributed by atoms with E-state index in [4.69, 9.17) is 19.3 Å². The molecule has 0 spiro atoms. The van der Waals surface area contributed by atoms with Gasteiger partial charge in [-0.3, -0.25) is 4.79 Å². The molecule has 4 rings (SSSR count). The van der Waals surface area contributed by atoms with Crippen LogP contribution in [0, 0.1) is 23.0 Å². The molecule has 0 saturated heterocycles. The molecule has 1 unspecified atom stereocenters. The minimum Gasteiger partial charge on any atom is -0.497 e. The molecule has 1 fully saturated rings. The Hall–Kier alpha value is -3.45. The topological polar surface area (TPSA) is 65.0 Å². The fourth-order valence-corrected chi connectivity index (χ4v) is 4.38. The Bertz CT molecular complexity index is 1290. The average Bonchev–Trinajstić information content (AvgIpc) is 3.70. The van der Waals surface area contributed by atoms with Crippen LogP contribution in [0.1, 0.15) is 69.8 Å². The predicted octanol–water partition coefficient (Wildman–Crippen LogP) is 8.39. The van der Waals surface area contributed by atoms with E-state index in [1.54, 1.807) is 37.4 Å². The molecule has 0 amide bonds. The number of ether oxygens (including phenoxy) is 3. The van der Waals surface area contributed by atoms with Gasteiger partial charge in [-0.15, -0.1) is 0 Å². The highest BCUT2D eigenvalue weighted by Gasteiger charge is 2.29. The largest absolute Gasteiger partial charge is 0.497 e. The highest BCUT2D eigenvalue weighted by Crippen LogP contribution is 2.42. The number of hydrogen-bond acceptors (Lipinski definition) is 4. The molecule has 1 N–H and O–H groups in total. The summed E-state index contributed by atoms with van der Waals surface area (Å²) in [4.78, 5) is 10.9. The molecule has 216 valence electrons. The number of benzene rings is 3. The van der Waals surface area contributed by atoms with Gasteiger partial charge in [0.05, 0.1) is 13.2 Å². The van der Waals surface area contributed by atoms with Crippen LogP contribution < -0.4 is 9.47 Å². The Labute approximate surface area is 236 Å². The van der Waals surface area contributed by atoms with Crippen molar-refractivity contribution in [3.05, 3.63) is 82.9 Å². The van der Waals surface area contributed by atoms with E-state index in [1.165, 1.54) is 32.1 Å². The molecular formula is C33H40F2O5. The summed E-state index contributed by atoms with van der Waals surface area (Å²) in [5.74, 6) is -0.287. The molecule has 5 nitrogen and oxygen atoms in total. The minimum absolute atomic E-state index is 0.0430. The van der Waals surface area contributed by atoms with Crippen LogP contribution in [0.5, 0.6) is 11.5 Å². The number of carboxylic acid groups (broad SMARTS) is 1. The van der Waals surface area contributed by atoms with Crippen molar-refractivity contribution in [1.82, 2.24) is 0 Å². The quantitative estimate of drug-likeness (QED) is 0.273. The predicted molar refractivity (Wildman–Crippen MR) is 153 cm³/mol. The Morgan fingerprint density at radius 3 is 2.30 bits per heavy atom. The number of aliphatic carboxylic acids is 1. The summed E-state index contributed by atoms with van der Waals surface area (Å²) in [5, 5.41) is 8.89. The second kappa shape index (κ2) is 13.8. The van der Waals surface area contributed by atoms with E-state index in [2.05, 4.69) is 6.92 Å².